The molecule has 0 unspecified atom stereocenters. The van der Waals surface area contributed by atoms with E-state index in [9.17, 15) is 4.79 Å². The average molecular weight is 397 g/mol. The van der Waals surface area contributed by atoms with Crippen molar-refractivity contribution < 1.29 is 4.79 Å². The second kappa shape index (κ2) is 7.62. The minimum atomic E-state index is -0.0263. The molecular formula is C20H20N4OS2. The van der Waals surface area contributed by atoms with Crippen molar-refractivity contribution in [3.05, 3.63) is 59.5 Å². The summed E-state index contributed by atoms with van der Waals surface area (Å²) >= 11 is 3.15. The highest BCUT2D eigenvalue weighted by molar-refractivity contribution is 7.26. The zero-order chi connectivity index (χ0) is 18.8. The first-order valence-electron chi connectivity index (χ1n) is 8.82. The maximum absolute atomic E-state index is 12.5. The molecule has 0 aliphatic carbocycles. The molecule has 1 atom stereocenters. The molecule has 0 spiro atoms. The number of rotatable bonds is 6. The number of fused-ring (bicyclic) bond motifs is 1. The second-order valence-corrected chi connectivity index (χ2v) is 8.71. The minimum absolute atomic E-state index is 0.0263. The largest absolute Gasteiger partial charge is 0.351 e. The zero-order valence-corrected chi connectivity index (χ0v) is 16.8. The number of amides is 1. The van der Waals surface area contributed by atoms with Crippen molar-refractivity contribution in [2.45, 2.75) is 20.4 Å². The van der Waals surface area contributed by atoms with Crippen molar-refractivity contribution in [1.82, 2.24) is 19.9 Å². The van der Waals surface area contributed by atoms with Gasteiger partial charge < -0.3 is 9.88 Å². The highest BCUT2D eigenvalue weighted by atomic mass is 32.1. The normalized spacial score (nSPS) is 12.4. The number of nitrogens with one attached hydrogen (secondary N) is 1. The van der Waals surface area contributed by atoms with Gasteiger partial charge in [-0.3, -0.25) is 4.79 Å². The topological polar surface area (TPSA) is 59.8 Å². The van der Waals surface area contributed by atoms with E-state index in [0.29, 0.717) is 12.5 Å². The first kappa shape index (κ1) is 17.9. The van der Waals surface area contributed by atoms with Crippen LogP contribution in [0.25, 0.3) is 20.1 Å². The van der Waals surface area contributed by atoms with Crippen molar-refractivity contribution in [2.24, 2.45) is 5.92 Å². The Labute approximate surface area is 165 Å². The monoisotopic (exact) mass is 396 g/mol. The van der Waals surface area contributed by atoms with Crippen molar-refractivity contribution in [1.29, 1.82) is 0 Å². The highest BCUT2D eigenvalue weighted by Crippen LogP contribution is 2.34. The molecule has 1 amide bonds. The molecule has 0 bridgehead atoms. The van der Waals surface area contributed by atoms with E-state index in [1.807, 2.05) is 43.5 Å². The number of benzene rings is 1. The van der Waals surface area contributed by atoms with Crippen LogP contribution >= 0.6 is 22.7 Å². The van der Waals surface area contributed by atoms with Gasteiger partial charge in [0.15, 0.2) is 0 Å². The van der Waals surface area contributed by atoms with E-state index in [4.69, 9.17) is 0 Å². The molecule has 27 heavy (non-hydrogen) atoms. The van der Waals surface area contributed by atoms with Crippen molar-refractivity contribution >= 4 is 38.8 Å². The molecule has 0 radical (unpaired) electrons. The number of aryl methyl sites for hydroxylation is 1. The molecule has 4 aromatic rings. The van der Waals surface area contributed by atoms with Crippen molar-refractivity contribution in [3.8, 4) is 9.88 Å². The van der Waals surface area contributed by atoms with Crippen molar-refractivity contribution in [3.63, 3.8) is 0 Å². The number of thiophene rings is 1. The number of hydrogen-bond acceptors (Lipinski definition) is 5. The fraction of sp³-hybridized carbons (Fsp3) is 0.250. The molecule has 0 saturated carbocycles. The van der Waals surface area contributed by atoms with E-state index in [1.54, 1.807) is 17.5 Å². The Balaban J connectivity index is 1.39. The summed E-state index contributed by atoms with van der Waals surface area (Å²) in [6, 6.07) is 12.0. The SMILES string of the molecule is Cc1nccn1C[C@@H](C)CNC(=O)c1ccc(-c2nc3ccccc3s2)s1. The first-order valence-corrected chi connectivity index (χ1v) is 10.4. The number of aromatic nitrogens is 3. The van der Waals surface area contributed by atoms with Crippen LogP contribution in [0, 0.1) is 12.8 Å². The highest BCUT2D eigenvalue weighted by Gasteiger charge is 2.14. The van der Waals surface area contributed by atoms with Gasteiger partial charge in [-0.25, -0.2) is 9.97 Å². The number of carbonyl (C=O) groups is 1. The second-order valence-electron chi connectivity index (χ2n) is 6.59. The van der Waals surface area contributed by atoms with E-state index in [2.05, 4.69) is 32.8 Å². The summed E-state index contributed by atoms with van der Waals surface area (Å²) in [6.07, 6.45) is 3.77. The molecule has 4 rings (SSSR count). The summed E-state index contributed by atoms with van der Waals surface area (Å²) in [6.45, 7) is 5.58. The van der Waals surface area contributed by atoms with Crippen LogP contribution in [0.4, 0.5) is 0 Å². The molecule has 0 aliphatic heterocycles. The summed E-state index contributed by atoms with van der Waals surface area (Å²) in [4.78, 5) is 23.1. The smallest absolute Gasteiger partial charge is 0.261 e. The van der Waals surface area contributed by atoms with Gasteiger partial charge in [0.1, 0.15) is 10.8 Å². The maximum Gasteiger partial charge on any atom is 0.261 e. The van der Waals surface area contributed by atoms with Gasteiger partial charge in [0.25, 0.3) is 5.91 Å². The third kappa shape index (κ3) is 3.94. The van der Waals surface area contributed by atoms with Gasteiger partial charge in [-0.05, 0) is 37.1 Å². The third-order valence-electron chi connectivity index (χ3n) is 4.38. The van der Waals surface area contributed by atoms with Gasteiger partial charge in [-0.15, -0.1) is 22.7 Å². The maximum atomic E-state index is 12.5. The summed E-state index contributed by atoms with van der Waals surface area (Å²) in [5, 5.41) is 4.00. The van der Waals surface area contributed by atoms with Gasteiger partial charge in [0.2, 0.25) is 0 Å². The van der Waals surface area contributed by atoms with Crippen LogP contribution in [0.1, 0.15) is 22.4 Å². The van der Waals surface area contributed by atoms with E-state index in [-0.39, 0.29) is 5.91 Å². The quantitative estimate of drug-likeness (QED) is 0.518. The van der Waals surface area contributed by atoms with Crippen molar-refractivity contribution in [2.75, 3.05) is 6.54 Å². The van der Waals surface area contributed by atoms with Crippen LogP contribution in [0.2, 0.25) is 0 Å². The number of para-hydroxylation sites is 1. The van der Waals surface area contributed by atoms with Crippen LogP contribution < -0.4 is 5.32 Å². The fourth-order valence-corrected chi connectivity index (χ4v) is 4.85. The Kier molecular flexibility index (Phi) is 5.05. The molecule has 138 valence electrons. The first-order chi connectivity index (χ1) is 13.1. The van der Waals surface area contributed by atoms with Gasteiger partial charge in [-0.1, -0.05) is 19.1 Å². The summed E-state index contributed by atoms with van der Waals surface area (Å²) < 4.78 is 3.27. The van der Waals surface area contributed by atoms with Crippen LogP contribution in [0.3, 0.4) is 0 Å². The zero-order valence-electron chi connectivity index (χ0n) is 15.2. The molecule has 1 N–H and O–H groups in total. The lowest BCUT2D eigenvalue weighted by molar-refractivity contribution is 0.0951. The number of nitrogens with zero attached hydrogens (tertiary/aromatic N) is 3. The summed E-state index contributed by atoms with van der Waals surface area (Å²) in [5.74, 6) is 1.29. The molecule has 7 heteroatoms. The minimum Gasteiger partial charge on any atom is -0.351 e. The van der Waals surface area contributed by atoms with Crippen LogP contribution in [-0.2, 0) is 6.54 Å². The molecule has 0 fully saturated rings. The predicted octanol–water partition coefficient (Wildman–Crippen LogP) is 4.60. The van der Waals surface area contributed by atoms with E-state index in [0.717, 1.165) is 37.3 Å². The Morgan fingerprint density at radius 2 is 2.07 bits per heavy atom. The van der Waals surface area contributed by atoms with Crippen LogP contribution in [-0.4, -0.2) is 27.0 Å². The molecular weight excluding hydrogens is 376 g/mol. The van der Waals surface area contributed by atoms with Crippen LogP contribution in [0.15, 0.2) is 48.8 Å². The summed E-state index contributed by atoms with van der Waals surface area (Å²) in [7, 11) is 0. The lowest BCUT2D eigenvalue weighted by atomic mass is 10.2. The molecule has 0 aliphatic rings. The number of carbonyl (C=O) groups excluding carboxylic acids is 1. The number of imidazole rings is 1. The summed E-state index contributed by atoms with van der Waals surface area (Å²) in [5.41, 5.74) is 1.00. The van der Waals surface area contributed by atoms with Gasteiger partial charge in [0.05, 0.1) is 20.0 Å². The molecule has 5 nitrogen and oxygen atoms in total. The van der Waals surface area contributed by atoms with E-state index in [1.165, 1.54) is 11.3 Å². The molecule has 0 saturated heterocycles. The lowest BCUT2D eigenvalue weighted by Gasteiger charge is -2.14. The van der Waals surface area contributed by atoms with Gasteiger partial charge in [-0.2, -0.15) is 0 Å². The molecule has 3 heterocycles. The average Bonchev–Trinajstić information content (AvgIpc) is 3.39. The molecule has 3 aromatic heterocycles. The van der Waals surface area contributed by atoms with E-state index >= 15 is 0 Å². The van der Waals surface area contributed by atoms with Crippen LogP contribution in [0.5, 0.6) is 0 Å². The Bertz CT molecular complexity index is 1050. The fourth-order valence-electron chi connectivity index (χ4n) is 2.90. The number of hydrogen-bond donors (Lipinski definition) is 1. The predicted molar refractivity (Wildman–Crippen MR) is 111 cm³/mol. The standard InChI is InChI=1S/C20H20N4OS2/c1-13(12-24-10-9-21-14(24)2)11-22-19(25)17-7-8-18(26-17)20-23-15-5-3-4-6-16(15)27-20/h3-10,13H,11-12H2,1-2H3,(H,22,25)/t13-/m0/s1. The Hall–Kier alpha value is -2.51. The Morgan fingerprint density at radius 1 is 1.22 bits per heavy atom. The van der Waals surface area contributed by atoms with Gasteiger partial charge in [0, 0.05) is 25.5 Å². The Morgan fingerprint density at radius 3 is 2.85 bits per heavy atom. The lowest BCUT2D eigenvalue weighted by Crippen LogP contribution is -2.29. The third-order valence-corrected chi connectivity index (χ3v) is 6.67. The van der Waals surface area contributed by atoms with Gasteiger partial charge >= 0.3 is 0 Å². The molecule has 1 aromatic carbocycles. The van der Waals surface area contributed by atoms with E-state index < -0.39 is 0 Å². The number of thiazole rings is 1.